The first-order valence-electron chi connectivity index (χ1n) is 14.9. The first kappa shape index (κ1) is 32.5. The Morgan fingerprint density at radius 2 is 1.91 bits per heavy atom. The number of amides is 4. The van der Waals surface area contributed by atoms with Crippen molar-refractivity contribution in [2.45, 2.75) is 71.4 Å². The van der Waals surface area contributed by atoms with Crippen LogP contribution in [0.25, 0.3) is 0 Å². The molecule has 4 heterocycles. The van der Waals surface area contributed by atoms with E-state index in [0.29, 0.717) is 43.1 Å². The number of ether oxygens (including phenoxy) is 4. The maximum Gasteiger partial charge on any atom is 0.419 e. The van der Waals surface area contributed by atoms with Gasteiger partial charge in [-0.15, -0.1) is 0 Å². The van der Waals surface area contributed by atoms with Crippen molar-refractivity contribution in [3.05, 3.63) is 41.5 Å². The van der Waals surface area contributed by atoms with E-state index in [9.17, 15) is 24.0 Å². The van der Waals surface area contributed by atoms with Crippen LogP contribution >= 0.6 is 0 Å². The van der Waals surface area contributed by atoms with Crippen molar-refractivity contribution in [1.82, 2.24) is 19.6 Å². The van der Waals surface area contributed by atoms with Gasteiger partial charge in [-0.2, -0.15) is 5.10 Å². The molecule has 5 rings (SSSR count). The van der Waals surface area contributed by atoms with Crippen LogP contribution in [0.15, 0.2) is 24.4 Å². The Kier molecular flexibility index (Phi) is 9.08. The van der Waals surface area contributed by atoms with Crippen molar-refractivity contribution < 1.29 is 47.3 Å². The van der Waals surface area contributed by atoms with Crippen LogP contribution in [-0.2, 0) is 48.7 Å². The van der Waals surface area contributed by atoms with Gasteiger partial charge < -0.3 is 23.8 Å². The molecule has 3 aliphatic rings. The number of nitrogens with zero attached hydrogens (tertiary/aromatic N) is 6. The molecule has 16 heteroatoms. The van der Waals surface area contributed by atoms with E-state index in [0.717, 1.165) is 18.2 Å². The lowest BCUT2D eigenvalue weighted by Crippen LogP contribution is -2.45. The fourth-order valence-corrected chi connectivity index (χ4v) is 5.61. The third-order valence-electron chi connectivity index (χ3n) is 7.67. The van der Waals surface area contributed by atoms with E-state index in [1.165, 1.54) is 15.9 Å². The largest absolute Gasteiger partial charge is 0.444 e. The number of hydrogen-bond donors (Lipinski definition) is 0. The number of anilines is 2. The summed E-state index contributed by atoms with van der Waals surface area (Å²) >= 11 is 0. The fraction of sp³-hybridized carbons (Fsp3) is 0.533. The van der Waals surface area contributed by atoms with Gasteiger partial charge in [-0.1, -0.05) is 0 Å². The summed E-state index contributed by atoms with van der Waals surface area (Å²) in [6.07, 6.45) is -0.668. The van der Waals surface area contributed by atoms with Gasteiger partial charge in [-0.25, -0.2) is 28.5 Å². The maximum absolute atomic E-state index is 15.2. The van der Waals surface area contributed by atoms with Gasteiger partial charge in [0.25, 0.3) is 0 Å². The van der Waals surface area contributed by atoms with Gasteiger partial charge >= 0.3 is 24.2 Å². The lowest BCUT2D eigenvalue weighted by Gasteiger charge is -2.27. The van der Waals surface area contributed by atoms with Crippen LogP contribution in [0.5, 0.6) is 0 Å². The monoisotopic (exact) mass is 644 g/mol. The molecule has 2 saturated heterocycles. The van der Waals surface area contributed by atoms with Crippen molar-refractivity contribution in [3.63, 3.8) is 0 Å². The molecule has 248 valence electrons. The van der Waals surface area contributed by atoms with Gasteiger partial charge in [0.1, 0.15) is 23.6 Å². The Morgan fingerprint density at radius 1 is 1.15 bits per heavy atom. The van der Waals surface area contributed by atoms with Crippen molar-refractivity contribution >= 4 is 41.5 Å². The number of imide groups is 1. The number of aryl methyl sites for hydroxylation is 1. The number of aromatic nitrogens is 2. The second-order valence-electron chi connectivity index (χ2n) is 12.3. The third kappa shape index (κ3) is 7.15. The molecule has 0 aliphatic carbocycles. The highest BCUT2D eigenvalue weighted by molar-refractivity contribution is 5.92. The van der Waals surface area contributed by atoms with Crippen molar-refractivity contribution in [2.75, 3.05) is 36.2 Å². The zero-order valence-electron chi connectivity index (χ0n) is 26.4. The Morgan fingerprint density at radius 3 is 2.59 bits per heavy atom. The predicted octanol–water partition coefficient (Wildman–Crippen LogP) is 3.29. The van der Waals surface area contributed by atoms with Gasteiger partial charge in [0, 0.05) is 38.8 Å². The number of benzene rings is 1. The predicted molar refractivity (Wildman–Crippen MR) is 158 cm³/mol. The molecule has 0 unspecified atom stereocenters. The number of carbonyl (C=O) groups excluding carboxylic acids is 5. The number of rotatable bonds is 7. The summed E-state index contributed by atoms with van der Waals surface area (Å²) in [5, 5.41) is 4.39. The Hall–Kier alpha value is -4.89. The highest BCUT2D eigenvalue weighted by Crippen LogP contribution is 2.33. The molecule has 0 bridgehead atoms. The number of esters is 1. The molecule has 1 aromatic carbocycles. The molecule has 2 aromatic rings. The van der Waals surface area contributed by atoms with E-state index < -0.39 is 60.5 Å². The summed E-state index contributed by atoms with van der Waals surface area (Å²) in [6.45, 7) is 6.32. The molecule has 3 aliphatic heterocycles. The number of fused-ring (bicyclic) bond motifs is 1. The number of halogens is 1. The van der Waals surface area contributed by atoms with E-state index in [1.807, 2.05) is 18.1 Å². The summed E-state index contributed by atoms with van der Waals surface area (Å²) in [4.78, 5) is 67.8. The topological polar surface area (TPSA) is 153 Å². The minimum Gasteiger partial charge on any atom is -0.444 e. The zero-order chi connectivity index (χ0) is 33.3. The average Bonchev–Trinajstić information content (AvgIpc) is 3.74. The lowest BCUT2D eigenvalue weighted by molar-refractivity contribution is -0.157. The highest BCUT2D eigenvalue weighted by Gasteiger charge is 2.39. The summed E-state index contributed by atoms with van der Waals surface area (Å²) < 4.78 is 37.7. The lowest BCUT2D eigenvalue weighted by atomic mass is 10.2. The molecule has 2 atom stereocenters. The van der Waals surface area contributed by atoms with E-state index in [2.05, 4.69) is 5.10 Å². The second kappa shape index (κ2) is 12.8. The van der Waals surface area contributed by atoms with Crippen LogP contribution in [0.4, 0.5) is 30.1 Å². The Bertz CT molecular complexity index is 1520. The van der Waals surface area contributed by atoms with E-state index in [4.69, 9.17) is 18.9 Å². The second-order valence-corrected chi connectivity index (χ2v) is 12.3. The quantitative estimate of drug-likeness (QED) is 0.248. The van der Waals surface area contributed by atoms with E-state index >= 15 is 4.39 Å². The first-order valence-corrected chi connectivity index (χ1v) is 14.9. The first-order chi connectivity index (χ1) is 21.7. The van der Waals surface area contributed by atoms with Crippen LogP contribution in [-0.4, -0.2) is 93.9 Å². The van der Waals surface area contributed by atoms with Gasteiger partial charge in [0.15, 0.2) is 0 Å². The zero-order valence-corrected chi connectivity index (χ0v) is 26.4. The molecule has 4 amide bonds. The summed E-state index contributed by atoms with van der Waals surface area (Å²) in [5.74, 6) is -2.01. The summed E-state index contributed by atoms with van der Waals surface area (Å²) in [5.41, 5.74) is 1.76. The maximum atomic E-state index is 15.2. The van der Waals surface area contributed by atoms with Crippen molar-refractivity contribution in [3.8, 4) is 0 Å². The normalized spacial score (nSPS) is 19.2. The number of likely N-dealkylation sites (tertiary alicyclic amines) is 1. The van der Waals surface area contributed by atoms with Crippen molar-refractivity contribution in [1.29, 1.82) is 0 Å². The molecule has 0 radical (unpaired) electrons. The fourth-order valence-electron chi connectivity index (χ4n) is 5.61. The van der Waals surface area contributed by atoms with Crippen LogP contribution in [0, 0.1) is 5.82 Å². The highest BCUT2D eigenvalue weighted by atomic mass is 19.1. The van der Waals surface area contributed by atoms with Gasteiger partial charge in [0.2, 0.25) is 12.7 Å². The Balaban J connectivity index is 1.13. The average molecular weight is 645 g/mol. The van der Waals surface area contributed by atoms with Crippen LogP contribution in [0.3, 0.4) is 0 Å². The van der Waals surface area contributed by atoms with Crippen LogP contribution < -0.4 is 9.80 Å². The molecule has 0 spiro atoms. The third-order valence-corrected chi connectivity index (χ3v) is 7.67. The molecule has 0 N–H and O–H groups in total. The minimum absolute atomic E-state index is 0.0639. The SMILES string of the molecule is CC(=O)N(C[C@H]1CN(c2ccc(N3Cc4cn(C)nc4C3)c(F)c2)C(=O)O1)C(=O)OCOC(=O)[C@H]1CCCN1C(=O)OC(C)(C)C. The number of cyclic esters (lactones) is 1. The molecular weight excluding hydrogens is 607 g/mol. The molecule has 1 aromatic heterocycles. The molecule has 2 fully saturated rings. The smallest absolute Gasteiger partial charge is 0.419 e. The summed E-state index contributed by atoms with van der Waals surface area (Å²) in [6, 6.07) is 3.51. The molecule has 0 saturated carbocycles. The van der Waals surface area contributed by atoms with Gasteiger partial charge in [-0.3, -0.25) is 19.3 Å². The minimum atomic E-state index is -1.12. The van der Waals surface area contributed by atoms with Gasteiger partial charge in [-0.05, 0) is 51.8 Å². The van der Waals surface area contributed by atoms with E-state index in [1.54, 1.807) is 37.6 Å². The van der Waals surface area contributed by atoms with E-state index in [-0.39, 0.29) is 18.8 Å². The van der Waals surface area contributed by atoms with Crippen LogP contribution in [0.1, 0.15) is 51.8 Å². The molecular formula is C30H37FN6O9. The van der Waals surface area contributed by atoms with Gasteiger partial charge in [0.05, 0.1) is 36.7 Å². The standard InChI is InChI=1S/C30H37FN6O9/c1-18(38)36(27(40)44-17-43-26(39)25-7-6-10-35(25)29(42)46-30(2,3)4)14-21-15-37(28(41)45-21)20-8-9-24(22(31)11-20)34-13-19-12-33(5)32-23(19)16-34/h8-9,11-12,21,25H,6-7,10,13-17H2,1-5H3/t21-,25+/m0/s1. The Labute approximate surface area is 264 Å². The van der Waals surface area contributed by atoms with Crippen LogP contribution in [0.2, 0.25) is 0 Å². The van der Waals surface area contributed by atoms with Crippen molar-refractivity contribution in [2.24, 2.45) is 7.05 Å². The molecule has 15 nitrogen and oxygen atoms in total. The number of hydrogen-bond acceptors (Lipinski definition) is 11. The number of carbonyl (C=O) groups is 5. The summed E-state index contributed by atoms with van der Waals surface area (Å²) in [7, 11) is 1.83. The molecule has 46 heavy (non-hydrogen) atoms.